The van der Waals surface area contributed by atoms with Crippen molar-refractivity contribution in [2.45, 2.75) is 0 Å². The molecule has 0 bridgehead atoms. The highest BCUT2D eigenvalue weighted by molar-refractivity contribution is 5.82. The number of nitrogens with zero attached hydrogens (tertiary/aromatic N) is 3. The average molecular weight is 113 g/mol. The fourth-order valence-corrected chi connectivity index (χ4v) is 0.402. The fraction of sp³-hybridized carbons (Fsp3) is 0.500. The SMILES string of the molecule is CN1C=NC(O)=NC1. The first-order chi connectivity index (χ1) is 3.79. The van der Waals surface area contributed by atoms with Gasteiger partial charge < -0.3 is 10.0 Å². The summed E-state index contributed by atoms with van der Waals surface area (Å²) in [7, 11) is 1.83. The highest BCUT2D eigenvalue weighted by Gasteiger charge is 1.97. The molecule has 1 aliphatic heterocycles. The fourth-order valence-electron chi connectivity index (χ4n) is 0.402. The summed E-state index contributed by atoms with van der Waals surface area (Å²) in [4.78, 5) is 8.89. The van der Waals surface area contributed by atoms with Crippen LogP contribution in [0.15, 0.2) is 9.98 Å². The molecule has 0 aromatic rings. The first-order valence-corrected chi connectivity index (χ1v) is 2.27. The maximum atomic E-state index is 8.55. The van der Waals surface area contributed by atoms with Crippen molar-refractivity contribution in [1.29, 1.82) is 0 Å². The molecule has 0 atom stereocenters. The van der Waals surface area contributed by atoms with Gasteiger partial charge >= 0.3 is 6.02 Å². The van der Waals surface area contributed by atoms with E-state index < -0.39 is 0 Å². The Morgan fingerprint density at radius 3 is 3.00 bits per heavy atom. The maximum absolute atomic E-state index is 8.55. The first-order valence-electron chi connectivity index (χ1n) is 2.27. The molecule has 1 aliphatic rings. The Kier molecular flexibility index (Phi) is 1.15. The lowest BCUT2D eigenvalue weighted by molar-refractivity contribution is 0.482. The van der Waals surface area contributed by atoms with E-state index in [1.807, 2.05) is 7.05 Å². The number of amidine groups is 1. The van der Waals surface area contributed by atoms with Gasteiger partial charge in [0, 0.05) is 7.05 Å². The second-order valence-electron chi connectivity index (χ2n) is 1.60. The summed E-state index contributed by atoms with van der Waals surface area (Å²) < 4.78 is 0. The summed E-state index contributed by atoms with van der Waals surface area (Å²) in [5.41, 5.74) is 0. The Morgan fingerprint density at radius 1 is 1.88 bits per heavy atom. The predicted octanol–water partition coefficient (Wildman–Crippen LogP) is -0.168. The lowest BCUT2D eigenvalue weighted by atomic mass is 10.8. The average Bonchev–Trinajstić information content (AvgIpc) is 1.77. The normalized spacial score (nSPS) is 18.6. The molecule has 0 saturated heterocycles. The molecule has 8 heavy (non-hydrogen) atoms. The molecular formula is C4H7N3O. The molecule has 0 spiro atoms. The minimum absolute atomic E-state index is 0.136. The van der Waals surface area contributed by atoms with E-state index in [2.05, 4.69) is 9.98 Å². The number of hydrogen-bond donors (Lipinski definition) is 1. The van der Waals surface area contributed by atoms with Crippen LogP contribution < -0.4 is 0 Å². The second kappa shape index (κ2) is 1.81. The van der Waals surface area contributed by atoms with Gasteiger partial charge in [-0.15, -0.1) is 0 Å². The quantitative estimate of drug-likeness (QED) is 0.474. The summed E-state index contributed by atoms with van der Waals surface area (Å²) in [5.74, 6) is 0. The van der Waals surface area contributed by atoms with Gasteiger partial charge in [0.25, 0.3) is 0 Å². The maximum Gasteiger partial charge on any atom is 0.312 e. The van der Waals surface area contributed by atoms with Crippen LogP contribution in [0.25, 0.3) is 0 Å². The molecule has 0 aliphatic carbocycles. The molecular weight excluding hydrogens is 106 g/mol. The third kappa shape index (κ3) is 0.959. The molecule has 0 fully saturated rings. The summed E-state index contributed by atoms with van der Waals surface area (Å²) in [6, 6.07) is -0.136. The molecule has 0 unspecified atom stereocenters. The standard InChI is InChI=1S/C4H7N3O/c1-7-2-5-4(8)6-3-7/h2H,3H2,1H3,(H,6,8). The molecule has 0 radical (unpaired) electrons. The van der Waals surface area contributed by atoms with Crippen LogP contribution in [0.5, 0.6) is 0 Å². The molecule has 0 saturated carbocycles. The van der Waals surface area contributed by atoms with Crippen LogP contribution in [-0.2, 0) is 0 Å². The lowest BCUT2D eigenvalue weighted by Crippen LogP contribution is -2.21. The number of aliphatic imine (C=N–C) groups is 2. The van der Waals surface area contributed by atoms with Gasteiger partial charge in [-0.3, -0.25) is 0 Å². The van der Waals surface area contributed by atoms with Crippen LogP contribution in [0.2, 0.25) is 0 Å². The molecule has 0 aromatic carbocycles. The smallest absolute Gasteiger partial charge is 0.312 e. The molecule has 1 rings (SSSR count). The van der Waals surface area contributed by atoms with Crippen molar-refractivity contribution in [2.24, 2.45) is 9.98 Å². The Labute approximate surface area is 47.2 Å². The predicted molar refractivity (Wildman–Crippen MR) is 31.2 cm³/mol. The van der Waals surface area contributed by atoms with Crippen molar-refractivity contribution in [3.8, 4) is 0 Å². The summed E-state index contributed by atoms with van der Waals surface area (Å²) in [6.45, 7) is 0.495. The Bertz CT molecular complexity index is 140. The van der Waals surface area contributed by atoms with E-state index in [9.17, 15) is 0 Å². The number of aliphatic hydroxyl groups excluding tert-OH is 1. The van der Waals surface area contributed by atoms with Gasteiger partial charge in [0.05, 0.1) is 6.34 Å². The van der Waals surface area contributed by atoms with Crippen LogP contribution in [0.1, 0.15) is 0 Å². The molecule has 1 N–H and O–H groups in total. The summed E-state index contributed by atoms with van der Waals surface area (Å²) in [5, 5.41) is 8.55. The van der Waals surface area contributed by atoms with Gasteiger partial charge in [0.2, 0.25) is 0 Å². The highest BCUT2D eigenvalue weighted by Crippen LogP contribution is 1.87. The number of aliphatic hydroxyl groups is 1. The van der Waals surface area contributed by atoms with Crippen molar-refractivity contribution in [1.82, 2.24) is 4.90 Å². The lowest BCUT2D eigenvalue weighted by Gasteiger charge is -2.11. The second-order valence-corrected chi connectivity index (χ2v) is 1.60. The summed E-state index contributed by atoms with van der Waals surface area (Å²) >= 11 is 0. The molecule has 0 aromatic heterocycles. The van der Waals surface area contributed by atoms with Gasteiger partial charge in [-0.25, -0.2) is 4.99 Å². The van der Waals surface area contributed by atoms with E-state index in [0.717, 1.165) is 0 Å². The summed E-state index contributed by atoms with van der Waals surface area (Å²) in [6.07, 6.45) is 1.53. The van der Waals surface area contributed by atoms with Gasteiger partial charge in [0.15, 0.2) is 0 Å². The first kappa shape index (κ1) is 5.08. The van der Waals surface area contributed by atoms with E-state index in [4.69, 9.17) is 5.11 Å². The van der Waals surface area contributed by atoms with Crippen LogP contribution >= 0.6 is 0 Å². The van der Waals surface area contributed by atoms with E-state index in [-0.39, 0.29) is 6.02 Å². The Balaban J connectivity index is 2.58. The number of rotatable bonds is 0. The van der Waals surface area contributed by atoms with Crippen molar-refractivity contribution in [3.05, 3.63) is 0 Å². The molecule has 0 amide bonds. The number of hydrogen-bond acceptors (Lipinski definition) is 3. The Morgan fingerprint density at radius 2 is 2.62 bits per heavy atom. The third-order valence-electron chi connectivity index (χ3n) is 0.806. The molecule has 4 heteroatoms. The van der Waals surface area contributed by atoms with Gasteiger partial charge in [-0.1, -0.05) is 0 Å². The monoisotopic (exact) mass is 113 g/mol. The van der Waals surface area contributed by atoms with Crippen LogP contribution in [0.3, 0.4) is 0 Å². The zero-order valence-corrected chi connectivity index (χ0v) is 4.57. The van der Waals surface area contributed by atoms with Gasteiger partial charge in [0.1, 0.15) is 6.67 Å². The van der Waals surface area contributed by atoms with Crippen LogP contribution in [0, 0.1) is 0 Å². The van der Waals surface area contributed by atoms with Gasteiger partial charge in [-0.2, -0.15) is 4.99 Å². The van der Waals surface area contributed by atoms with Crippen molar-refractivity contribution in [2.75, 3.05) is 13.7 Å². The highest BCUT2D eigenvalue weighted by atomic mass is 16.3. The molecule has 1 heterocycles. The largest absolute Gasteiger partial charge is 0.479 e. The van der Waals surface area contributed by atoms with Crippen molar-refractivity contribution in [3.63, 3.8) is 0 Å². The van der Waals surface area contributed by atoms with Crippen molar-refractivity contribution < 1.29 is 5.11 Å². The molecule has 4 nitrogen and oxygen atoms in total. The minimum Gasteiger partial charge on any atom is -0.479 e. The topological polar surface area (TPSA) is 48.2 Å². The van der Waals surface area contributed by atoms with E-state index in [0.29, 0.717) is 6.67 Å². The van der Waals surface area contributed by atoms with E-state index in [1.165, 1.54) is 6.34 Å². The molecule has 44 valence electrons. The van der Waals surface area contributed by atoms with Crippen molar-refractivity contribution >= 4 is 12.4 Å². The van der Waals surface area contributed by atoms with E-state index >= 15 is 0 Å². The third-order valence-corrected chi connectivity index (χ3v) is 0.806. The minimum atomic E-state index is -0.136. The Hall–Kier alpha value is -1.06. The van der Waals surface area contributed by atoms with Gasteiger partial charge in [-0.05, 0) is 0 Å². The van der Waals surface area contributed by atoms with Crippen LogP contribution in [0.4, 0.5) is 0 Å². The zero-order valence-electron chi connectivity index (χ0n) is 4.57. The zero-order chi connectivity index (χ0) is 5.98. The van der Waals surface area contributed by atoms with E-state index in [1.54, 1.807) is 4.90 Å². The van der Waals surface area contributed by atoms with Crippen LogP contribution in [-0.4, -0.2) is 36.1 Å².